The lowest BCUT2D eigenvalue weighted by molar-refractivity contribution is -0.134. The Morgan fingerprint density at radius 3 is 2.93 bits per heavy atom. The van der Waals surface area contributed by atoms with Crippen LogP contribution in [0.2, 0.25) is 0 Å². The van der Waals surface area contributed by atoms with Gasteiger partial charge < -0.3 is 14.6 Å². The number of carbonyl (C=O) groups excluding carboxylic acids is 1. The first kappa shape index (κ1) is 19.1. The molecule has 150 valence electrons. The van der Waals surface area contributed by atoms with Gasteiger partial charge in [-0.1, -0.05) is 18.2 Å². The molecule has 7 heteroatoms. The number of hydrogen-bond donors (Lipinski definition) is 1. The normalized spacial score (nSPS) is 16.6. The van der Waals surface area contributed by atoms with E-state index in [-0.39, 0.29) is 11.9 Å². The molecule has 29 heavy (non-hydrogen) atoms. The van der Waals surface area contributed by atoms with Crippen LogP contribution in [0.15, 0.2) is 42.7 Å². The van der Waals surface area contributed by atoms with Crippen molar-refractivity contribution >= 4 is 5.91 Å². The Bertz CT molecular complexity index is 987. The Balaban J connectivity index is 1.62. The van der Waals surface area contributed by atoms with E-state index >= 15 is 0 Å². The first-order chi connectivity index (χ1) is 14.2. The minimum Gasteiger partial charge on any atom is -0.496 e. The quantitative estimate of drug-likeness (QED) is 0.720. The summed E-state index contributed by atoms with van der Waals surface area (Å²) in [6, 6.07) is 9.45. The van der Waals surface area contributed by atoms with Gasteiger partial charge in [-0.25, -0.2) is 15.0 Å². The van der Waals surface area contributed by atoms with Crippen molar-refractivity contribution in [2.75, 3.05) is 13.7 Å². The Morgan fingerprint density at radius 2 is 2.14 bits per heavy atom. The number of aromatic amines is 1. The number of aromatic nitrogens is 4. The first-order valence-corrected chi connectivity index (χ1v) is 9.92. The Morgan fingerprint density at radius 1 is 1.28 bits per heavy atom. The van der Waals surface area contributed by atoms with Crippen LogP contribution in [0.4, 0.5) is 0 Å². The van der Waals surface area contributed by atoms with Crippen LogP contribution in [0.1, 0.15) is 42.4 Å². The van der Waals surface area contributed by atoms with Gasteiger partial charge in [0.25, 0.3) is 0 Å². The molecule has 0 spiro atoms. The molecule has 1 atom stereocenters. The summed E-state index contributed by atoms with van der Waals surface area (Å²) in [5, 5.41) is 0. The fourth-order valence-electron chi connectivity index (χ4n) is 3.88. The number of amides is 1. The lowest BCUT2D eigenvalue weighted by Crippen LogP contribution is -2.40. The molecule has 7 nitrogen and oxygen atoms in total. The Labute approximate surface area is 170 Å². The van der Waals surface area contributed by atoms with Crippen LogP contribution in [0.25, 0.3) is 11.5 Å². The predicted octanol–water partition coefficient (Wildman–Crippen LogP) is 3.48. The highest BCUT2D eigenvalue weighted by Crippen LogP contribution is 2.31. The van der Waals surface area contributed by atoms with E-state index in [4.69, 9.17) is 9.72 Å². The molecular weight excluding hydrogens is 366 g/mol. The molecule has 1 N–H and O–H groups in total. The third-order valence-electron chi connectivity index (χ3n) is 5.27. The molecule has 3 heterocycles. The lowest BCUT2D eigenvalue weighted by Gasteiger charge is -2.35. The van der Waals surface area contributed by atoms with E-state index in [2.05, 4.69) is 15.0 Å². The molecule has 0 unspecified atom stereocenters. The Kier molecular flexibility index (Phi) is 5.55. The molecule has 0 saturated carbocycles. The highest BCUT2D eigenvalue weighted by Gasteiger charge is 2.31. The second kappa shape index (κ2) is 8.43. The summed E-state index contributed by atoms with van der Waals surface area (Å²) in [4.78, 5) is 32.0. The van der Waals surface area contributed by atoms with E-state index in [1.165, 1.54) is 0 Å². The zero-order chi connectivity index (χ0) is 20.2. The predicted molar refractivity (Wildman–Crippen MR) is 109 cm³/mol. The number of benzene rings is 1. The number of imidazole rings is 1. The molecule has 1 saturated heterocycles. The number of methoxy groups -OCH3 is 1. The van der Waals surface area contributed by atoms with Crippen LogP contribution in [-0.4, -0.2) is 44.4 Å². The smallest absolute Gasteiger partial charge is 0.227 e. The van der Waals surface area contributed by atoms with Gasteiger partial charge in [-0.15, -0.1) is 0 Å². The van der Waals surface area contributed by atoms with Crippen molar-refractivity contribution in [3.63, 3.8) is 0 Å². The summed E-state index contributed by atoms with van der Waals surface area (Å²) >= 11 is 0. The van der Waals surface area contributed by atoms with Gasteiger partial charge in [0.05, 0.1) is 19.6 Å². The molecule has 1 aliphatic rings. The van der Waals surface area contributed by atoms with Crippen LogP contribution < -0.4 is 4.74 Å². The minimum absolute atomic E-state index is 0.0730. The number of nitrogens with one attached hydrogen (secondary N) is 1. The number of nitrogens with zero attached hydrogens (tertiary/aromatic N) is 4. The van der Waals surface area contributed by atoms with E-state index in [0.717, 1.165) is 42.0 Å². The maximum Gasteiger partial charge on any atom is 0.227 e. The lowest BCUT2D eigenvalue weighted by atomic mass is 9.99. The zero-order valence-corrected chi connectivity index (χ0v) is 16.8. The van der Waals surface area contributed by atoms with Crippen LogP contribution in [0.5, 0.6) is 5.75 Å². The highest BCUT2D eigenvalue weighted by molar-refractivity contribution is 5.80. The van der Waals surface area contributed by atoms with Gasteiger partial charge in [0.1, 0.15) is 11.4 Å². The van der Waals surface area contributed by atoms with Crippen molar-refractivity contribution < 1.29 is 9.53 Å². The van der Waals surface area contributed by atoms with Gasteiger partial charge in [-0.05, 0) is 38.3 Å². The molecule has 1 fully saturated rings. The summed E-state index contributed by atoms with van der Waals surface area (Å²) in [6.45, 7) is 2.66. The van der Waals surface area contributed by atoms with Gasteiger partial charge in [0, 0.05) is 30.2 Å². The van der Waals surface area contributed by atoms with Crippen LogP contribution >= 0.6 is 0 Å². The summed E-state index contributed by atoms with van der Waals surface area (Å²) in [7, 11) is 1.63. The summed E-state index contributed by atoms with van der Waals surface area (Å²) in [5.74, 6) is 2.20. The van der Waals surface area contributed by atoms with Crippen LogP contribution in [0.3, 0.4) is 0 Å². The molecular formula is C22H25N5O2. The van der Waals surface area contributed by atoms with E-state index < -0.39 is 0 Å². The molecule has 3 aromatic rings. The number of para-hydroxylation sites is 1. The second-order valence-electron chi connectivity index (χ2n) is 7.28. The standard InChI is InChI=1S/C22H25N5O2/c1-15-13-17(21-23-10-11-24-21)26-22(25-15)18-8-5-6-12-27(18)20(28)14-16-7-3-4-9-19(16)29-2/h3-4,7,9-11,13,18H,5-6,8,12,14H2,1-2H3,(H,23,24)/t18-/m0/s1. The maximum atomic E-state index is 13.2. The summed E-state index contributed by atoms with van der Waals surface area (Å²) in [5.41, 5.74) is 2.51. The number of aryl methyl sites for hydroxylation is 1. The molecule has 0 radical (unpaired) electrons. The monoisotopic (exact) mass is 391 g/mol. The third kappa shape index (κ3) is 4.13. The van der Waals surface area contributed by atoms with E-state index in [1.54, 1.807) is 19.5 Å². The van der Waals surface area contributed by atoms with E-state index in [9.17, 15) is 4.79 Å². The maximum absolute atomic E-state index is 13.2. The SMILES string of the molecule is COc1ccccc1CC(=O)N1CCCC[C@H]1c1nc(C)cc(-c2ncc[nH]2)n1. The van der Waals surface area contributed by atoms with Crippen molar-refractivity contribution in [2.45, 2.75) is 38.6 Å². The second-order valence-corrected chi connectivity index (χ2v) is 7.28. The molecule has 2 aromatic heterocycles. The van der Waals surface area contributed by atoms with Crippen molar-refractivity contribution in [1.82, 2.24) is 24.8 Å². The molecule has 0 bridgehead atoms. The number of hydrogen-bond acceptors (Lipinski definition) is 5. The van der Waals surface area contributed by atoms with E-state index in [0.29, 0.717) is 24.6 Å². The van der Waals surface area contributed by atoms with Crippen molar-refractivity contribution in [3.8, 4) is 17.3 Å². The van der Waals surface area contributed by atoms with Gasteiger partial charge in [-0.3, -0.25) is 4.79 Å². The number of ether oxygens (including phenoxy) is 1. The number of piperidine rings is 1. The average molecular weight is 391 g/mol. The topological polar surface area (TPSA) is 84.0 Å². The highest BCUT2D eigenvalue weighted by atomic mass is 16.5. The number of likely N-dealkylation sites (tertiary alicyclic amines) is 1. The van der Waals surface area contributed by atoms with Crippen LogP contribution in [0, 0.1) is 6.92 Å². The fraction of sp³-hybridized carbons (Fsp3) is 0.364. The van der Waals surface area contributed by atoms with Crippen molar-refractivity contribution in [2.24, 2.45) is 0 Å². The minimum atomic E-state index is -0.125. The van der Waals surface area contributed by atoms with Gasteiger partial charge in [0.2, 0.25) is 5.91 Å². The fourth-order valence-corrected chi connectivity index (χ4v) is 3.88. The van der Waals surface area contributed by atoms with Crippen molar-refractivity contribution in [3.05, 3.63) is 59.8 Å². The number of rotatable bonds is 5. The van der Waals surface area contributed by atoms with Gasteiger partial charge in [0.15, 0.2) is 11.6 Å². The van der Waals surface area contributed by atoms with Crippen molar-refractivity contribution in [1.29, 1.82) is 0 Å². The van der Waals surface area contributed by atoms with Gasteiger partial charge >= 0.3 is 0 Å². The van der Waals surface area contributed by atoms with Gasteiger partial charge in [-0.2, -0.15) is 0 Å². The third-order valence-corrected chi connectivity index (χ3v) is 5.27. The average Bonchev–Trinajstić information content (AvgIpc) is 3.29. The first-order valence-electron chi connectivity index (χ1n) is 9.92. The number of H-pyrrole nitrogens is 1. The summed E-state index contributed by atoms with van der Waals surface area (Å²) in [6.07, 6.45) is 6.68. The number of carbonyl (C=O) groups is 1. The van der Waals surface area contributed by atoms with E-state index in [1.807, 2.05) is 42.2 Å². The molecule has 4 rings (SSSR count). The summed E-state index contributed by atoms with van der Waals surface area (Å²) < 4.78 is 5.41. The molecule has 1 aliphatic heterocycles. The Hall–Kier alpha value is -3.22. The van der Waals surface area contributed by atoms with Crippen LogP contribution in [-0.2, 0) is 11.2 Å². The largest absolute Gasteiger partial charge is 0.496 e. The molecule has 1 amide bonds. The zero-order valence-electron chi connectivity index (χ0n) is 16.8. The molecule has 0 aliphatic carbocycles. The molecule has 1 aromatic carbocycles.